The molecule has 0 atom stereocenters. The summed E-state index contributed by atoms with van der Waals surface area (Å²) in [5.41, 5.74) is 0. The number of nitrogens with zero attached hydrogens (tertiary/aromatic N) is 1. The predicted octanol–water partition coefficient (Wildman–Crippen LogP) is 3.55. The van der Waals surface area contributed by atoms with Crippen molar-refractivity contribution in [1.29, 1.82) is 0 Å². The molecule has 0 unspecified atom stereocenters. The summed E-state index contributed by atoms with van der Waals surface area (Å²) in [5.74, 6) is 1.14. The number of rotatable bonds is 7. The minimum atomic E-state index is -4.05. The predicted molar refractivity (Wildman–Crippen MR) is 84.1 cm³/mol. The van der Waals surface area contributed by atoms with E-state index in [-0.39, 0.29) is 30.4 Å². The Labute approximate surface area is 130 Å². The Balaban J connectivity index is 0. The lowest BCUT2D eigenvalue weighted by Gasteiger charge is -2.12. The van der Waals surface area contributed by atoms with E-state index in [2.05, 4.69) is 29.5 Å². The molecule has 3 nitrogen and oxygen atoms in total. The first-order valence-corrected chi connectivity index (χ1v) is 6.44. The molecule has 0 aliphatic rings. The fraction of sp³-hybridized carbons (Fsp3) is 0.917. The monoisotopic (exact) mass is 395 g/mol. The van der Waals surface area contributed by atoms with E-state index in [0.717, 1.165) is 6.54 Å². The van der Waals surface area contributed by atoms with E-state index in [1.54, 1.807) is 0 Å². The third-order valence-corrected chi connectivity index (χ3v) is 2.14. The van der Waals surface area contributed by atoms with E-state index in [4.69, 9.17) is 0 Å². The molecule has 0 fully saturated rings. The fourth-order valence-corrected chi connectivity index (χ4v) is 1.27. The molecule has 0 saturated carbocycles. The summed E-state index contributed by atoms with van der Waals surface area (Å²) in [4.78, 5) is 4.33. The molecule has 0 saturated heterocycles. The minimum absolute atomic E-state index is 0. The Bertz CT molecular complexity index is 243. The summed E-state index contributed by atoms with van der Waals surface area (Å²) < 4.78 is 35.7. The Kier molecular flexibility index (Phi) is 12.9. The maximum absolute atomic E-state index is 11.9. The molecule has 19 heavy (non-hydrogen) atoms. The number of halogens is 4. The molecule has 0 heterocycles. The molecule has 0 amide bonds. The zero-order valence-electron chi connectivity index (χ0n) is 11.8. The summed E-state index contributed by atoms with van der Waals surface area (Å²) in [6.45, 7) is 8.05. The SMILES string of the molecule is CCNC(=NCC(C)C)NCCCCC(F)(F)F.I. The van der Waals surface area contributed by atoms with Gasteiger partial charge in [-0.15, -0.1) is 24.0 Å². The van der Waals surface area contributed by atoms with Gasteiger partial charge in [0.1, 0.15) is 0 Å². The number of aliphatic imine (C=N–C) groups is 1. The van der Waals surface area contributed by atoms with Crippen LogP contribution in [0.2, 0.25) is 0 Å². The van der Waals surface area contributed by atoms with Crippen LogP contribution in [-0.2, 0) is 0 Å². The number of alkyl halides is 3. The van der Waals surface area contributed by atoms with Gasteiger partial charge in [-0.05, 0) is 25.7 Å². The van der Waals surface area contributed by atoms with Crippen LogP contribution in [-0.4, -0.2) is 31.8 Å². The van der Waals surface area contributed by atoms with Crippen LogP contribution in [0.3, 0.4) is 0 Å². The molecule has 0 spiro atoms. The van der Waals surface area contributed by atoms with Crippen molar-refractivity contribution < 1.29 is 13.2 Å². The second kappa shape index (κ2) is 11.6. The zero-order valence-corrected chi connectivity index (χ0v) is 14.1. The topological polar surface area (TPSA) is 36.4 Å². The number of guanidine groups is 1. The van der Waals surface area contributed by atoms with Crippen molar-refractivity contribution in [3.05, 3.63) is 0 Å². The van der Waals surface area contributed by atoms with E-state index < -0.39 is 12.6 Å². The highest BCUT2D eigenvalue weighted by atomic mass is 127. The second-order valence-corrected chi connectivity index (χ2v) is 4.61. The molecule has 116 valence electrons. The highest BCUT2D eigenvalue weighted by molar-refractivity contribution is 14.0. The summed E-state index contributed by atoms with van der Waals surface area (Å²) in [6, 6.07) is 0. The molecular weight excluding hydrogens is 370 g/mol. The highest BCUT2D eigenvalue weighted by Gasteiger charge is 2.25. The summed E-state index contributed by atoms with van der Waals surface area (Å²) in [6.07, 6.45) is -4.11. The Morgan fingerprint density at radius 2 is 1.79 bits per heavy atom. The van der Waals surface area contributed by atoms with Crippen LogP contribution >= 0.6 is 24.0 Å². The van der Waals surface area contributed by atoms with Gasteiger partial charge in [0.2, 0.25) is 0 Å². The minimum Gasteiger partial charge on any atom is -0.357 e. The molecular formula is C12H25F3IN3. The van der Waals surface area contributed by atoms with Gasteiger partial charge in [0.25, 0.3) is 0 Å². The van der Waals surface area contributed by atoms with Crippen molar-refractivity contribution in [2.24, 2.45) is 10.9 Å². The van der Waals surface area contributed by atoms with E-state index in [0.29, 0.717) is 31.4 Å². The van der Waals surface area contributed by atoms with E-state index >= 15 is 0 Å². The molecule has 0 radical (unpaired) electrons. The lowest BCUT2D eigenvalue weighted by atomic mass is 10.2. The van der Waals surface area contributed by atoms with Crippen molar-refractivity contribution in [2.75, 3.05) is 19.6 Å². The van der Waals surface area contributed by atoms with Crippen LogP contribution in [0.4, 0.5) is 13.2 Å². The fourth-order valence-electron chi connectivity index (χ4n) is 1.27. The van der Waals surface area contributed by atoms with Crippen molar-refractivity contribution in [3.63, 3.8) is 0 Å². The molecule has 0 aromatic rings. The van der Waals surface area contributed by atoms with Gasteiger partial charge in [0.15, 0.2) is 5.96 Å². The van der Waals surface area contributed by atoms with E-state index in [9.17, 15) is 13.2 Å². The smallest absolute Gasteiger partial charge is 0.357 e. The lowest BCUT2D eigenvalue weighted by Crippen LogP contribution is -2.38. The first kappa shape index (κ1) is 21.1. The summed E-state index contributed by atoms with van der Waals surface area (Å²) >= 11 is 0. The first-order valence-electron chi connectivity index (χ1n) is 6.44. The number of nitrogens with one attached hydrogen (secondary N) is 2. The standard InChI is InChI=1S/C12H24F3N3.HI/c1-4-16-11(18-9-10(2)3)17-8-6-5-7-12(13,14)15;/h10H,4-9H2,1-3H3,(H2,16,17,18);1H. The van der Waals surface area contributed by atoms with Gasteiger partial charge in [-0.1, -0.05) is 13.8 Å². The Morgan fingerprint density at radius 3 is 2.26 bits per heavy atom. The molecule has 0 aromatic heterocycles. The number of hydrogen-bond donors (Lipinski definition) is 2. The van der Waals surface area contributed by atoms with Crippen LogP contribution in [0.5, 0.6) is 0 Å². The largest absolute Gasteiger partial charge is 0.389 e. The highest BCUT2D eigenvalue weighted by Crippen LogP contribution is 2.21. The number of unbranched alkanes of at least 4 members (excludes halogenated alkanes) is 1. The van der Waals surface area contributed by atoms with Crippen molar-refractivity contribution >= 4 is 29.9 Å². The van der Waals surface area contributed by atoms with Crippen molar-refractivity contribution in [1.82, 2.24) is 10.6 Å². The third kappa shape index (κ3) is 15.7. The van der Waals surface area contributed by atoms with Crippen LogP contribution in [0.15, 0.2) is 4.99 Å². The second-order valence-electron chi connectivity index (χ2n) is 4.61. The van der Waals surface area contributed by atoms with Crippen LogP contribution < -0.4 is 10.6 Å². The van der Waals surface area contributed by atoms with Gasteiger partial charge < -0.3 is 10.6 Å². The summed E-state index contributed by atoms with van der Waals surface area (Å²) in [5, 5.41) is 6.10. The van der Waals surface area contributed by atoms with Gasteiger partial charge in [-0.2, -0.15) is 13.2 Å². The third-order valence-electron chi connectivity index (χ3n) is 2.14. The molecule has 0 bridgehead atoms. The zero-order chi connectivity index (χ0) is 14.0. The normalized spacial score (nSPS) is 12.3. The Hall–Kier alpha value is -0.210. The Morgan fingerprint density at radius 1 is 1.16 bits per heavy atom. The lowest BCUT2D eigenvalue weighted by molar-refractivity contribution is -0.135. The van der Waals surface area contributed by atoms with E-state index in [1.165, 1.54) is 0 Å². The van der Waals surface area contributed by atoms with Crippen LogP contribution in [0.25, 0.3) is 0 Å². The first-order chi connectivity index (χ1) is 8.35. The molecule has 0 rings (SSSR count). The van der Waals surface area contributed by atoms with Crippen LogP contribution in [0.1, 0.15) is 40.0 Å². The van der Waals surface area contributed by atoms with Gasteiger partial charge in [0.05, 0.1) is 0 Å². The maximum Gasteiger partial charge on any atom is 0.389 e. The molecule has 7 heteroatoms. The van der Waals surface area contributed by atoms with Gasteiger partial charge in [-0.25, -0.2) is 0 Å². The molecule has 2 N–H and O–H groups in total. The van der Waals surface area contributed by atoms with Gasteiger partial charge in [-0.3, -0.25) is 4.99 Å². The van der Waals surface area contributed by atoms with Crippen LogP contribution in [0, 0.1) is 5.92 Å². The summed E-state index contributed by atoms with van der Waals surface area (Å²) in [7, 11) is 0. The van der Waals surface area contributed by atoms with Crippen molar-refractivity contribution in [3.8, 4) is 0 Å². The van der Waals surface area contributed by atoms with Gasteiger partial charge in [0, 0.05) is 26.1 Å². The van der Waals surface area contributed by atoms with Crippen molar-refractivity contribution in [2.45, 2.75) is 46.2 Å². The van der Waals surface area contributed by atoms with Gasteiger partial charge >= 0.3 is 6.18 Å². The molecule has 0 aliphatic carbocycles. The van der Waals surface area contributed by atoms with E-state index in [1.807, 2.05) is 6.92 Å². The maximum atomic E-state index is 11.9. The molecule has 0 aromatic carbocycles. The average Bonchev–Trinajstić information content (AvgIpc) is 2.23. The molecule has 0 aliphatic heterocycles. The number of hydrogen-bond acceptors (Lipinski definition) is 1. The average molecular weight is 395 g/mol. The quantitative estimate of drug-likeness (QED) is 0.300.